The van der Waals surface area contributed by atoms with Gasteiger partial charge in [-0.3, -0.25) is 24.6 Å². The van der Waals surface area contributed by atoms with E-state index in [1.54, 1.807) is 18.2 Å². The summed E-state index contributed by atoms with van der Waals surface area (Å²) in [5, 5.41) is 14.0. The lowest BCUT2D eigenvalue weighted by atomic mass is 10.1. The van der Waals surface area contributed by atoms with Crippen LogP contribution in [0.3, 0.4) is 0 Å². The van der Waals surface area contributed by atoms with Crippen molar-refractivity contribution in [2.75, 3.05) is 11.9 Å². The Labute approximate surface area is 166 Å². The molecule has 28 heavy (non-hydrogen) atoms. The van der Waals surface area contributed by atoms with Gasteiger partial charge < -0.3 is 11.1 Å². The number of anilines is 1. The number of nitrogens with zero attached hydrogens (tertiary/aromatic N) is 2. The van der Waals surface area contributed by atoms with Crippen LogP contribution >= 0.6 is 11.6 Å². The van der Waals surface area contributed by atoms with Gasteiger partial charge in [0, 0.05) is 23.3 Å². The van der Waals surface area contributed by atoms with Gasteiger partial charge in [0.2, 0.25) is 5.91 Å². The number of carbonyl (C=O) groups is 2. The van der Waals surface area contributed by atoms with Crippen molar-refractivity contribution >= 4 is 34.8 Å². The second-order valence-electron chi connectivity index (χ2n) is 6.60. The second-order valence-corrected chi connectivity index (χ2v) is 7.04. The number of likely N-dealkylation sites (tertiary alicyclic amines) is 1. The largest absolute Gasteiger partial charge is 0.368 e. The van der Waals surface area contributed by atoms with Crippen LogP contribution in [0.15, 0.2) is 42.5 Å². The normalized spacial score (nSPS) is 16.7. The molecule has 146 valence electrons. The highest BCUT2D eigenvalue weighted by Crippen LogP contribution is 2.25. The molecule has 1 aliphatic rings. The minimum absolute atomic E-state index is 0.0758. The van der Waals surface area contributed by atoms with Gasteiger partial charge in [0.1, 0.15) is 5.56 Å². The van der Waals surface area contributed by atoms with Crippen LogP contribution in [0.1, 0.15) is 28.8 Å². The number of nitrogens with one attached hydrogen (secondary N) is 1. The molecule has 1 saturated heterocycles. The molecule has 1 fully saturated rings. The Morgan fingerprint density at radius 2 is 2.07 bits per heavy atom. The first-order valence-electron chi connectivity index (χ1n) is 8.73. The topological polar surface area (TPSA) is 119 Å². The van der Waals surface area contributed by atoms with Crippen LogP contribution in [-0.2, 0) is 11.3 Å². The van der Waals surface area contributed by atoms with Gasteiger partial charge in [-0.15, -0.1) is 0 Å². The number of nitro groups is 1. The highest BCUT2D eigenvalue weighted by atomic mass is 35.5. The van der Waals surface area contributed by atoms with E-state index in [0.29, 0.717) is 12.2 Å². The second kappa shape index (κ2) is 8.37. The van der Waals surface area contributed by atoms with Gasteiger partial charge in [-0.1, -0.05) is 23.7 Å². The number of nitrogens with two attached hydrogens (primary N) is 1. The first-order valence-corrected chi connectivity index (χ1v) is 9.10. The molecular weight excluding hydrogens is 384 g/mol. The number of primary amides is 1. The third-order valence-corrected chi connectivity index (χ3v) is 4.90. The zero-order valence-corrected chi connectivity index (χ0v) is 15.7. The Hall–Kier alpha value is -2.97. The zero-order chi connectivity index (χ0) is 20.3. The molecule has 2 aromatic rings. The fourth-order valence-corrected chi connectivity index (χ4v) is 3.53. The molecule has 1 unspecified atom stereocenters. The highest BCUT2D eigenvalue weighted by Gasteiger charge is 2.28. The predicted octanol–water partition coefficient (Wildman–Crippen LogP) is 2.95. The van der Waals surface area contributed by atoms with Crippen molar-refractivity contribution in [1.82, 2.24) is 4.90 Å². The Bertz CT molecular complexity index is 934. The first kappa shape index (κ1) is 19.8. The zero-order valence-electron chi connectivity index (χ0n) is 14.9. The third-order valence-electron chi connectivity index (χ3n) is 4.66. The summed E-state index contributed by atoms with van der Waals surface area (Å²) in [5.41, 5.74) is 6.42. The first-order chi connectivity index (χ1) is 13.3. The molecule has 8 nitrogen and oxygen atoms in total. The van der Waals surface area contributed by atoms with E-state index in [0.717, 1.165) is 31.0 Å². The number of halogens is 1. The van der Waals surface area contributed by atoms with Crippen LogP contribution in [0.25, 0.3) is 0 Å². The van der Waals surface area contributed by atoms with Crippen molar-refractivity contribution in [3.05, 3.63) is 68.7 Å². The van der Waals surface area contributed by atoms with Crippen LogP contribution in [-0.4, -0.2) is 34.2 Å². The molecule has 1 heterocycles. The maximum Gasteiger partial charge on any atom is 0.283 e. The van der Waals surface area contributed by atoms with Crippen LogP contribution < -0.4 is 11.1 Å². The summed E-state index contributed by atoms with van der Waals surface area (Å²) in [4.78, 5) is 36.6. The molecule has 0 radical (unpaired) electrons. The molecule has 1 atom stereocenters. The third kappa shape index (κ3) is 4.47. The monoisotopic (exact) mass is 402 g/mol. The molecule has 9 heteroatoms. The van der Waals surface area contributed by atoms with Gasteiger partial charge in [-0.25, -0.2) is 0 Å². The van der Waals surface area contributed by atoms with Gasteiger partial charge in [0.05, 0.1) is 11.0 Å². The molecular formula is C19H19ClN4O4. The molecule has 0 aliphatic carbocycles. The van der Waals surface area contributed by atoms with Gasteiger partial charge >= 0.3 is 0 Å². The highest BCUT2D eigenvalue weighted by molar-refractivity contribution is 6.31. The standard InChI is InChI=1S/C19H19ClN4O4/c20-13-6-7-15(17(10-13)24(27)28)19(26)22-14-4-1-3-12(9-14)11-23-8-2-5-16(23)18(21)25/h1,3-4,6-7,9-10,16H,2,5,8,11H2,(H2,21,25)(H,22,26). The number of hydrogen-bond donors (Lipinski definition) is 2. The van der Waals surface area contributed by atoms with E-state index in [4.69, 9.17) is 17.3 Å². The fourth-order valence-electron chi connectivity index (χ4n) is 3.37. The number of nitro benzene ring substituents is 1. The van der Waals surface area contributed by atoms with Crippen molar-refractivity contribution in [3.63, 3.8) is 0 Å². The van der Waals surface area contributed by atoms with E-state index < -0.39 is 10.8 Å². The number of hydrogen-bond acceptors (Lipinski definition) is 5. The van der Waals surface area contributed by atoms with Crippen molar-refractivity contribution < 1.29 is 14.5 Å². The summed E-state index contributed by atoms with van der Waals surface area (Å²) in [5.74, 6) is -0.936. The lowest BCUT2D eigenvalue weighted by molar-refractivity contribution is -0.385. The quantitative estimate of drug-likeness (QED) is 0.568. The maximum atomic E-state index is 12.5. The lowest BCUT2D eigenvalue weighted by Gasteiger charge is -2.22. The van der Waals surface area contributed by atoms with Crippen LogP contribution in [0.5, 0.6) is 0 Å². The molecule has 3 rings (SSSR count). The molecule has 0 saturated carbocycles. The Balaban J connectivity index is 1.75. The molecule has 2 amide bonds. The SMILES string of the molecule is NC(=O)C1CCCN1Cc1cccc(NC(=O)c2ccc(Cl)cc2[N+](=O)[O-])c1. The summed E-state index contributed by atoms with van der Waals surface area (Å²) in [6.45, 7) is 1.31. The average Bonchev–Trinajstić information content (AvgIpc) is 3.10. The van der Waals surface area contributed by atoms with Crippen molar-refractivity contribution in [2.45, 2.75) is 25.4 Å². The average molecular weight is 403 g/mol. The summed E-state index contributed by atoms with van der Waals surface area (Å²) in [7, 11) is 0. The van der Waals surface area contributed by atoms with Crippen LogP contribution in [0, 0.1) is 10.1 Å². The van der Waals surface area contributed by atoms with Gasteiger partial charge in [-0.2, -0.15) is 0 Å². The minimum atomic E-state index is -0.644. The van der Waals surface area contributed by atoms with Crippen molar-refractivity contribution in [1.29, 1.82) is 0 Å². The van der Waals surface area contributed by atoms with E-state index in [-0.39, 0.29) is 28.2 Å². The van der Waals surface area contributed by atoms with E-state index in [2.05, 4.69) is 5.32 Å². The van der Waals surface area contributed by atoms with Crippen molar-refractivity contribution in [3.8, 4) is 0 Å². The number of rotatable bonds is 6. The van der Waals surface area contributed by atoms with E-state index in [1.165, 1.54) is 12.1 Å². The van der Waals surface area contributed by atoms with Crippen LogP contribution in [0.4, 0.5) is 11.4 Å². The molecule has 1 aliphatic heterocycles. The van der Waals surface area contributed by atoms with Gasteiger partial charge in [0.15, 0.2) is 0 Å². The Morgan fingerprint density at radius 3 is 2.79 bits per heavy atom. The molecule has 0 spiro atoms. The summed E-state index contributed by atoms with van der Waals surface area (Å²) < 4.78 is 0. The van der Waals surface area contributed by atoms with Gasteiger partial charge in [-0.05, 0) is 49.2 Å². The Morgan fingerprint density at radius 1 is 1.29 bits per heavy atom. The predicted molar refractivity (Wildman–Crippen MR) is 105 cm³/mol. The van der Waals surface area contributed by atoms with Gasteiger partial charge in [0.25, 0.3) is 11.6 Å². The number of amides is 2. The van der Waals surface area contributed by atoms with E-state index >= 15 is 0 Å². The minimum Gasteiger partial charge on any atom is -0.368 e. The number of carbonyl (C=O) groups excluding carboxylic acids is 2. The summed E-state index contributed by atoms with van der Waals surface area (Å²) >= 11 is 5.79. The lowest BCUT2D eigenvalue weighted by Crippen LogP contribution is -2.39. The fraction of sp³-hybridized carbons (Fsp3) is 0.263. The Kier molecular flexibility index (Phi) is 5.91. The van der Waals surface area contributed by atoms with Crippen molar-refractivity contribution in [2.24, 2.45) is 5.73 Å². The summed E-state index contributed by atoms with van der Waals surface area (Å²) in [6, 6.07) is 10.7. The maximum absolute atomic E-state index is 12.5. The summed E-state index contributed by atoms with van der Waals surface area (Å²) in [6.07, 6.45) is 1.65. The smallest absolute Gasteiger partial charge is 0.283 e. The molecule has 0 aromatic heterocycles. The molecule has 3 N–H and O–H groups in total. The molecule has 0 bridgehead atoms. The molecule has 2 aromatic carbocycles. The van der Waals surface area contributed by atoms with Crippen LogP contribution in [0.2, 0.25) is 5.02 Å². The van der Waals surface area contributed by atoms with E-state index in [9.17, 15) is 19.7 Å². The van der Waals surface area contributed by atoms with E-state index in [1.807, 2.05) is 11.0 Å². The number of benzene rings is 2.